The first-order valence-corrected chi connectivity index (χ1v) is 7.23. The van der Waals surface area contributed by atoms with Crippen molar-refractivity contribution in [2.45, 2.75) is 32.1 Å². The van der Waals surface area contributed by atoms with Crippen molar-refractivity contribution in [1.29, 1.82) is 0 Å². The van der Waals surface area contributed by atoms with Crippen molar-refractivity contribution in [2.24, 2.45) is 5.92 Å². The van der Waals surface area contributed by atoms with E-state index in [0.29, 0.717) is 24.4 Å². The molecule has 0 aromatic heterocycles. The van der Waals surface area contributed by atoms with E-state index in [4.69, 9.17) is 0 Å². The van der Waals surface area contributed by atoms with Crippen molar-refractivity contribution in [3.63, 3.8) is 0 Å². The molecule has 0 saturated carbocycles. The molecule has 106 valence electrons. The third kappa shape index (κ3) is 2.84. The molecule has 3 rings (SSSR count). The minimum atomic E-state index is -0.230. The summed E-state index contributed by atoms with van der Waals surface area (Å²) in [4.78, 5) is 11.4. The van der Waals surface area contributed by atoms with Crippen molar-refractivity contribution in [2.75, 3.05) is 17.2 Å². The summed E-state index contributed by atoms with van der Waals surface area (Å²) in [5, 5.41) is 6.00. The van der Waals surface area contributed by atoms with Gasteiger partial charge in [-0.15, -0.1) is 0 Å². The lowest BCUT2D eigenvalue weighted by atomic mass is 9.94. The van der Waals surface area contributed by atoms with Gasteiger partial charge in [-0.05, 0) is 49.3 Å². The standard InChI is InChI=1S/C16H19FN2O/c17-13-8-12-6-7-16(20)19-14(12)9-15(13)18-10-11-4-2-1-3-5-11/h1-2,8-9,11,18H,3-7,10H2,(H,19,20). The van der Waals surface area contributed by atoms with E-state index in [2.05, 4.69) is 22.8 Å². The quantitative estimate of drug-likeness (QED) is 0.829. The molecule has 1 aromatic rings. The molecule has 0 spiro atoms. The number of aryl methyl sites for hydroxylation is 1. The molecule has 1 heterocycles. The van der Waals surface area contributed by atoms with Crippen molar-refractivity contribution in [3.05, 3.63) is 35.7 Å². The van der Waals surface area contributed by atoms with Crippen molar-refractivity contribution >= 4 is 17.3 Å². The number of nitrogens with one attached hydrogen (secondary N) is 2. The normalized spacial score (nSPS) is 21.2. The number of carbonyl (C=O) groups is 1. The second kappa shape index (κ2) is 5.65. The zero-order valence-electron chi connectivity index (χ0n) is 11.4. The van der Waals surface area contributed by atoms with Crippen LogP contribution in [0, 0.1) is 11.7 Å². The van der Waals surface area contributed by atoms with Crippen LogP contribution in [0.25, 0.3) is 0 Å². The molecule has 2 N–H and O–H groups in total. The first kappa shape index (κ1) is 13.2. The molecule has 1 aliphatic carbocycles. The molecular weight excluding hydrogens is 255 g/mol. The molecule has 3 nitrogen and oxygen atoms in total. The predicted octanol–water partition coefficient (Wildman–Crippen LogP) is 3.48. The summed E-state index contributed by atoms with van der Waals surface area (Å²) in [6, 6.07) is 3.26. The van der Waals surface area contributed by atoms with Crippen LogP contribution in [0.15, 0.2) is 24.3 Å². The fourth-order valence-electron chi connectivity index (χ4n) is 2.83. The number of fused-ring (bicyclic) bond motifs is 1. The molecule has 1 unspecified atom stereocenters. The lowest BCUT2D eigenvalue weighted by Crippen LogP contribution is -2.20. The summed E-state index contributed by atoms with van der Waals surface area (Å²) in [6.07, 6.45) is 8.75. The van der Waals surface area contributed by atoms with Crippen LogP contribution in [-0.2, 0) is 11.2 Å². The Kier molecular flexibility index (Phi) is 3.72. The van der Waals surface area contributed by atoms with Crippen LogP contribution < -0.4 is 10.6 Å². The van der Waals surface area contributed by atoms with Gasteiger partial charge in [0.2, 0.25) is 5.91 Å². The van der Waals surface area contributed by atoms with Crippen molar-refractivity contribution in [3.8, 4) is 0 Å². The van der Waals surface area contributed by atoms with E-state index in [0.717, 1.165) is 37.1 Å². The van der Waals surface area contributed by atoms with E-state index < -0.39 is 0 Å². The highest BCUT2D eigenvalue weighted by Crippen LogP contribution is 2.29. The van der Waals surface area contributed by atoms with Crippen LogP contribution in [0.5, 0.6) is 0 Å². The number of rotatable bonds is 3. The summed E-state index contributed by atoms with van der Waals surface area (Å²) >= 11 is 0. The number of hydrogen-bond acceptors (Lipinski definition) is 2. The molecule has 4 heteroatoms. The molecule has 0 radical (unpaired) electrons. The molecule has 2 aliphatic rings. The molecule has 1 amide bonds. The maximum atomic E-state index is 14.0. The summed E-state index contributed by atoms with van der Waals surface area (Å²) in [7, 11) is 0. The smallest absolute Gasteiger partial charge is 0.224 e. The van der Waals surface area contributed by atoms with Gasteiger partial charge in [0.1, 0.15) is 5.82 Å². The predicted molar refractivity (Wildman–Crippen MR) is 78.3 cm³/mol. The molecule has 1 atom stereocenters. The Labute approximate surface area is 118 Å². The van der Waals surface area contributed by atoms with Gasteiger partial charge in [0.05, 0.1) is 5.69 Å². The molecule has 0 bridgehead atoms. The van der Waals surface area contributed by atoms with Crippen LogP contribution in [0.3, 0.4) is 0 Å². The van der Waals surface area contributed by atoms with Crippen LogP contribution in [-0.4, -0.2) is 12.5 Å². The van der Waals surface area contributed by atoms with Crippen LogP contribution in [0.2, 0.25) is 0 Å². The Hall–Kier alpha value is -1.84. The molecular formula is C16H19FN2O. The zero-order chi connectivity index (χ0) is 13.9. The van der Waals surface area contributed by atoms with Gasteiger partial charge in [0.25, 0.3) is 0 Å². The van der Waals surface area contributed by atoms with Crippen LogP contribution in [0.1, 0.15) is 31.2 Å². The molecule has 0 saturated heterocycles. The monoisotopic (exact) mass is 274 g/mol. The zero-order valence-corrected chi connectivity index (χ0v) is 11.4. The van der Waals surface area contributed by atoms with E-state index >= 15 is 0 Å². The Morgan fingerprint density at radius 3 is 3.00 bits per heavy atom. The van der Waals surface area contributed by atoms with Crippen molar-refractivity contribution < 1.29 is 9.18 Å². The maximum Gasteiger partial charge on any atom is 0.224 e. The average Bonchev–Trinajstić information content (AvgIpc) is 2.46. The lowest BCUT2D eigenvalue weighted by molar-refractivity contribution is -0.116. The fraction of sp³-hybridized carbons (Fsp3) is 0.438. The Morgan fingerprint density at radius 2 is 2.20 bits per heavy atom. The van der Waals surface area contributed by atoms with Crippen LogP contribution in [0.4, 0.5) is 15.8 Å². The highest BCUT2D eigenvalue weighted by atomic mass is 19.1. The minimum Gasteiger partial charge on any atom is -0.382 e. The summed E-state index contributed by atoms with van der Waals surface area (Å²) in [5.41, 5.74) is 2.11. The number of halogens is 1. The largest absolute Gasteiger partial charge is 0.382 e. The number of allylic oxidation sites excluding steroid dienone is 2. The third-order valence-corrected chi connectivity index (χ3v) is 4.05. The number of amides is 1. The highest BCUT2D eigenvalue weighted by Gasteiger charge is 2.18. The van der Waals surface area contributed by atoms with Gasteiger partial charge in [-0.2, -0.15) is 0 Å². The summed E-state index contributed by atoms with van der Waals surface area (Å²) in [6.45, 7) is 0.772. The van der Waals surface area contributed by atoms with Gasteiger partial charge in [0.15, 0.2) is 0 Å². The average molecular weight is 274 g/mol. The number of carbonyl (C=O) groups excluding carboxylic acids is 1. The Morgan fingerprint density at radius 1 is 1.30 bits per heavy atom. The fourth-order valence-corrected chi connectivity index (χ4v) is 2.83. The van der Waals surface area contributed by atoms with Gasteiger partial charge < -0.3 is 10.6 Å². The third-order valence-electron chi connectivity index (χ3n) is 4.05. The number of anilines is 2. The number of hydrogen-bond donors (Lipinski definition) is 2. The van der Waals surface area contributed by atoms with E-state index in [1.165, 1.54) is 6.07 Å². The second-order valence-corrected chi connectivity index (χ2v) is 5.57. The SMILES string of the molecule is O=C1CCc2cc(F)c(NCC3CC=CCC3)cc2N1. The Bertz CT molecular complexity index is 554. The van der Waals surface area contributed by atoms with Gasteiger partial charge >= 0.3 is 0 Å². The molecule has 20 heavy (non-hydrogen) atoms. The van der Waals surface area contributed by atoms with E-state index in [1.54, 1.807) is 6.07 Å². The maximum absolute atomic E-state index is 14.0. The molecule has 0 fully saturated rings. The van der Waals surface area contributed by atoms with Gasteiger partial charge in [-0.3, -0.25) is 4.79 Å². The first-order valence-electron chi connectivity index (χ1n) is 7.23. The van der Waals surface area contributed by atoms with E-state index in [9.17, 15) is 9.18 Å². The van der Waals surface area contributed by atoms with Gasteiger partial charge in [0, 0.05) is 18.7 Å². The summed E-state index contributed by atoms with van der Waals surface area (Å²) < 4.78 is 14.0. The molecule has 1 aliphatic heterocycles. The second-order valence-electron chi connectivity index (χ2n) is 5.57. The minimum absolute atomic E-state index is 0.00692. The topological polar surface area (TPSA) is 41.1 Å². The summed E-state index contributed by atoms with van der Waals surface area (Å²) in [5.74, 6) is 0.337. The number of benzene rings is 1. The van der Waals surface area contributed by atoms with Crippen LogP contribution >= 0.6 is 0 Å². The molecule has 1 aromatic carbocycles. The van der Waals surface area contributed by atoms with Gasteiger partial charge in [-0.1, -0.05) is 12.2 Å². The lowest BCUT2D eigenvalue weighted by Gasteiger charge is -2.21. The highest BCUT2D eigenvalue weighted by molar-refractivity contribution is 5.94. The van der Waals surface area contributed by atoms with E-state index in [1.807, 2.05) is 0 Å². The van der Waals surface area contributed by atoms with Gasteiger partial charge in [-0.25, -0.2) is 4.39 Å². The van der Waals surface area contributed by atoms with Crippen molar-refractivity contribution in [1.82, 2.24) is 0 Å². The van der Waals surface area contributed by atoms with E-state index in [-0.39, 0.29) is 11.7 Å². The Balaban J connectivity index is 1.71. The first-order chi connectivity index (χ1) is 9.72.